The molecule has 0 aliphatic carbocycles. The number of hydrogen-bond donors (Lipinski definition) is 1. The van der Waals surface area contributed by atoms with Crippen LogP contribution in [0.3, 0.4) is 0 Å². The molecule has 0 fully saturated rings. The van der Waals surface area contributed by atoms with Crippen molar-refractivity contribution >= 4 is 34.1 Å². The van der Waals surface area contributed by atoms with Crippen molar-refractivity contribution in [2.75, 3.05) is 11.6 Å². The lowest BCUT2D eigenvalue weighted by atomic mass is 10.0. The number of hydrogen-bond acceptors (Lipinski definition) is 4. The molecule has 1 N–H and O–H groups in total. The van der Waals surface area contributed by atoms with Crippen molar-refractivity contribution in [1.82, 2.24) is 14.8 Å². The molecule has 0 bridgehead atoms. The van der Waals surface area contributed by atoms with E-state index in [1.165, 1.54) is 0 Å². The molecule has 4 rings (SSSR count). The Morgan fingerprint density at radius 1 is 1.00 bits per heavy atom. The van der Waals surface area contributed by atoms with Gasteiger partial charge in [-0.1, -0.05) is 60.3 Å². The van der Waals surface area contributed by atoms with Gasteiger partial charge < -0.3 is 9.88 Å². The number of carbonyl (C=O) groups is 1. The zero-order valence-corrected chi connectivity index (χ0v) is 15.8. The van der Waals surface area contributed by atoms with E-state index in [1.807, 2.05) is 84.6 Å². The van der Waals surface area contributed by atoms with Crippen molar-refractivity contribution in [2.45, 2.75) is 5.16 Å². The minimum absolute atomic E-state index is 0.133. The molecule has 0 radical (unpaired) electrons. The highest BCUT2D eigenvalue weighted by molar-refractivity contribution is 7.98. The highest BCUT2D eigenvalue weighted by Crippen LogP contribution is 2.25. The van der Waals surface area contributed by atoms with Crippen molar-refractivity contribution in [3.05, 3.63) is 72.3 Å². The molecule has 5 nitrogen and oxygen atoms in total. The summed E-state index contributed by atoms with van der Waals surface area (Å²) in [5.41, 5.74) is 2.28. The summed E-state index contributed by atoms with van der Waals surface area (Å²) in [6.45, 7) is 0. The van der Waals surface area contributed by atoms with Gasteiger partial charge in [0.15, 0.2) is 11.0 Å². The molecular formula is C21H18N4OS. The molecule has 4 aromatic rings. The van der Waals surface area contributed by atoms with Crippen LogP contribution < -0.4 is 5.32 Å². The van der Waals surface area contributed by atoms with E-state index in [0.717, 1.165) is 33.0 Å². The summed E-state index contributed by atoms with van der Waals surface area (Å²) in [7, 11) is 1.93. The molecule has 0 unspecified atom stereocenters. The number of thioether (sulfide) groups is 1. The van der Waals surface area contributed by atoms with E-state index in [1.54, 1.807) is 11.8 Å². The molecule has 0 aliphatic rings. The van der Waals surface area contributed by atoms with Crippen LogP contribution in [0.1, 0.15) is 10.4 Å². The first-order valence-electron chi connectivity index (χ1n) is 8.50. The summed E-state index contributed by atoms with van der Waals surface area (Å²) in [4.78, 5) is 12.8. The summed E-state index contributed by atoms with van der Waals surface area (Å²) in [6.07, 6.45) is 1.97. The van der Waals surface area contributed by atoms with E-state index in [9.17, 15) is 4.79 Å². The molecule has 1 amide bonds. The first-order chi connectivity index (χ1) is 13.2. The van der Waals surface area contributed by atoms with Crippen molar-refractivity contribution in [3.63, 3.8) is 0 Å². The van der Waals surface area contributed by atoms with Gasteiger partial charge in [-0.15, -0.1) is 10.2 Å². The monoisotopic (exact) mass is 374 g/mol. The zero-order valence-electron chi connectivity index (χ0n) is 15.0. The van der Waals surface area contributed by atoms with Crippen molar-refractivity contribution < 1.29 is 4.79 Å². The Morgan fingerprint density at radius 3 is 2.59 bits per heavy atom. The maximum Gasteiger partial charge on any atom is 0.256 e. The van der Waals surface area contributed by atoms with E-state index < -0.39 is 0 Å². The van der Waals surface area contributed by atoms with Crippen molar-refractivity contribution in [3.8, 4) is 11.4 Å². The Bertz CT molecular complexity index is 1130. The molecule has 1 aromatic heterocycles. The van der Waals surface area contributed by atoms with Gasteiger partial charge in [0.05, 0.1) is 0 Å². The third-order valence-electron chi connectivity index (χ3n) is 4.43. The van der Waals surface area contributed by atoms with Gasteiger partial charge in [-0.25, -0.2) is 0 Å². The smallest absolute Gasteiger partial charge is 0.256 e. The number of aromatic nitrogens is 3. The molecule has 27 heavy (non-hydrogen) atoms. The molecular weight excluding hydrogens is 356 g/mol. The first-order valence-corrected chi connectivity index (χ1v) is 9.73. The molecule has 0 saturated carbocycles. The second-order valence-corrected chi connectivity index (χ2v) is 6.90. The molecule has 0 spiro atoms. The first kappa shape index (κ1) is 17.3. The number of amides is 1. The minimum atomic E-state index is -0.133. The van der Waals surface area contributed by atoms with Crippen LogP contribution >= 0.6 is 11.8 Å². The van der Waals surface area contributed by atoms with Crippen LogP contribution in [-0.2, 0) is 7.05 Å². The van der Waals surface area contributed by atoms with Crippen LogP contribution in [0.5, 0.6) is 0 Å². The minimum Gasteiger partial charge on any atom is -0.322 e. The maximum atomic E-state index is 12.8. The summed E-state index contributed by atoms with van der Waals surface area (Å²) in [5.74, 6) is 0.632. The Balaban J connectivity index is 1.65. The van der Waals surface area contributed by atoms with Crippen molar-refractivity contribution in [2.24, 2.45) is 7.05 Å². The van der Waals surface area contributed by atoms with Gasteiger partial charge in [-0.3, -0.25) is 4.79 Å². The fraction of sp³-hybridized carbons (Fsp3) is 0.0952. The third-order valence-corrected chi connectivity index (χ3v) is 5.15. The van der Waals surface area contributed by atoms with Gasteiger partial charge >= 0.3 is 0 Å². The Labute approximate surface area is 161 Å². The van der Waals surface area contributed by atoms with Crippen LogP contribution in [-0.4, -0.2) is 26.9 Å². The second-order valence-electron chi connectivity index (χ2n) is 6.13. The number of rotatable bonds is 4. The summed E-state index contributed by atoms with van der Waals surface area (Å²) >= 11 is 1.54. The summed E-state index contributed by atoms with van der Waals surface area (Å²) in [5, 5.41) is 14.2. The average Bonchev–Trinajstić information content (AvgIpc) is 3.08. The van der Waals surface area contributed by atoms with Crippen molar-refractivity contribution in [1.29, 1.82) is 0 Å². The van der Waals surface area contributed by atoms with Gasteiger partial charge in [0.1, 0.15) is 0 Å². The van der Waals surface area contributed by atoms with Crippen LogP contribution in [0.15, 0.2) is 71.9 Å². The van der Waals surface area contributed by atoms with Gasteiger partial charge in [-0.2, -0.15) is 0 Å². The van der Waals surface area contributed by atoms with E-state index in [2.05, 4.69) is 15.5 Å². The van der Waals surface area contributed by atoms with E-state index in [4.69, 9.17) is 0 Å². The average molecular weight is 374 g/mol. The number of fused-ring (bicyclic) bond motifs is 1. The fourth-order valence-electron chi connectivity index (χ4n) is 3.10. The highest BCUT2D eigenvalue weighted by atomic mass is 32.2. The van der Waals surface area contributed by atoms with E-state index in [0.29, 0.717) is 5.56 Å². The molecule has 1 heterocycles. The van der Waals surface area contributed by atoms with Crippen LogP contribution in [0, 0.1) is 0 Å². The second kappa shape index (κ2) is 7.25. The fourth-order valence-corrected chi connectivity index (χ4v) is 3.58. The van der Waals surface area contributed by atoms with Gasteiger partial charge in [-0.05, 0) is 35.2 Å². The summed E-state index contributed by atoms with van der Waals surface area (Å²) < 4.78 is 1.94. The third kappa shape index (κ3) is 3.31. The topological polar surface area (TPSA) is 59.8 Å². The molecule has 0 aliphatic heterocycles. The number of carbonyl (C=O) groups excluding carboxylic acids is 1. The normalized spacial score (nSPS) is 10.9. The zero-order chi connectivity index (χ0) is 18.8. The van der Waals surface area contributed by atoms with Gasteiger partial charge in [0.25, 0.3) is 5.91 Å². The Kier molecular flexibility index (Phi) is 4.64. The van der Waals surface area contributed by atoms with Crippen LogP contribution in [0.2, 0.25) is 0 Å². The Morgan fingerprint density at radius 2 is 1.78 bits per heavy atom. The maximum absolute atomic E-state index is 12.8. The van der Waals surface area contributed by atoms with E-state index in [-0.39, 0.29) is 5.91 Å². The molecule has 6 heteroatoms. The largest absolute Gasteiger partial charge is 0.322 e. The molecule has 134 valence electrons. The number of benzene rings is 3. The standard InChI is InChI=1S/C21H18N4OS/c1-25-19(23-24-21(25)27-2)15-9-5-10-16(13-15)22-20(26)18-12-6-8-14-7-3-4-11-17(14)18/h3-13H,1-2H3,(H,22,26). The lowest BCUT2D eigenvalue weighted by molar-refractivity contribution is 0.102. The number of nitrogens with zero attached hydrogens (tertiary/aromatic N) is 3. The molecule has 0 saturated heterocycles. The number of nitrogens with one attached hydrogen (secondary N) is 1. The molecule has 0 atom stereocenters. The lowest BCUT2D eigenvalue weighted by Crippen LogP contribution is -2.12. The summed E-state index contributed by atoms with van der Waals surface area (Å²) in [6, 6.07) is 21.3. The van der Waals surface area contributed by atoms with Gasteiger partial charge in [0, 0.05) is 23.9 Å². The predicted octanol–water partition coefficient (Wildman–Crippen LogP) is 4.61. The predicted molar refractivity (Wildman–Crippen MR) is 110 cm³/mol. The lowest BCUT2D eigenvalue weighted by Gasteiger charge is -2.09. The van der Waals surface area contributed by atoms with Crippen LogP contribution in [0.25, 0.3) is 22.2 Å². The van der Waals surface area contributed by atoms with Gasteiger partial charge in [0.2, 0.25) is 0 Å². The highest BCUT2D eigenvalue weighted by Gasteiger charge is 2.13. The quantitative estimate of drug-likeness (QED) is 0.530. The SMILES string of the molecule is CSc1nnc(-c2cccc(NC(=O)c3cccc4ccccc34)c2)n1C. The Hall–Kier alpha value is -3.12. The molecule has 3 aromatic carbocycles. The van der Waals surface area contributed by atoms with E-state index >= 15 is 0 Å². The van der Waals surface area contributed by atoms with Crippen LogP contribution in [0.4, 0.5) is 5.69 Å². The number of anilines is 1.